The zero-order valence-electron chi connectivity index (χ0n) is 11.3. The van der Waals surface area contributed by atoms with Gasteiger partial charge in [0.05, 0.1) is 12.1 Å². The van der Waals surface area contributed by atoms with E-state index in [9.17, 15) is 9.90 Å². The molecule has 1 heterocycles. The lowest BCUT2D eigenvalue weighted by Gasteiger charge is -2.25. The van der Waals surface area contributed by atoms with Gasteiger partial charge in [0.25, 0.3) is 0 Å². The molecule has 1 fully saturated rings. The maximum absolute atomic E-state index is 12.3. The summed E-state index contributed by atoms with van der Waals surface area (Å²) in [6, 6.07) is 7.72. The third kappa shape index (κ3) is 2.97. The van der Waals surface area contributed by atoms with Gasteiger partial charge in [0.2, 0.25) is 5.91 Å². The molecule has 0 bridgehead atoms. The lowest BCUT2D eigenvalue weighted by Crippen LogP contribution is -2.41. The molecule has 2 atom stereocenters. The molecule has 5 heteroatoms. The first-order chi connectivity index (χ1) is 9.25. The van der Waals surface area contributed by atoms with Crippen LogP contribution >= 0.6 is 12.4 Å². The van der Waals surface area contributed by atoms with Gasteiger partial charge in [-0.05, 0) is 37.1 Å². The number of nitrogens with one attached hydrogen (secondary N) is 2. The predicted octanol–water partition coefficient (Wildman–Crippen LogP) is 1.18. The second-order valence-corrected chi connectivity index (χ2v) is 5.48. The van der Waals surface area contributed by atoms with Crippen LogP contribution in [0.5, 0.6) is 0 Å². The van der Waals surface area contributed by atoms with Crippen molar-refractivity contribution in [1.29, 1.82) is 0 Å². The molecule has 1 aromatic carbocycles. The van der Waals surface area contributed by atoms with Crippen molar-refractivity contribution in [2.24, 2.45) is 5.92 Å². The minimum Gasteiger partial charge on any atom is -0.390 e. The molecule has 3 rings (SSSR count). The first kappa shape index (κ1) is 15.3. The number of hydrogen-bond acceptors (Lipinski definition) is 3. The molecule has 1 aliphatic heterocycles. The fourth-order valence-corrected chi connectivity index (χ4v) is 3.10. The van der Waals surface area contributed by atoms with Crippen molar-refractivity contribution < 1.29 is 9.90 Å². The summed E-state index contributed by atoms with van der Waals surface area (Å²) in [5.41, 5.74) is 2.21. The van der Waals surface area contributed by atoms with E-state index in [1.807, 2.05) is 24.3 Å². The van der Waals surface area contributed by atoms with Gasteiger partial charge in [0.15, 0.2) is 0 Å². The second-order valence-electron chi connectivity index (χ2n) is 5.48. The van der Waals surface area contributed by atoms with Gasteiger partial charge in [0.1, 0.15) is 0 Å². The average molecular weight is 297 g/mol. The third-order valence-corrected chi connectivity index (χ3v) is 4.21. The zero-order valence-corrected chi connectivity index (χ0v) is 12.2. The van der Waals surface area contributed by atoms with Crippen molar-refractivity contribution in [2.75, 3.05) is 13.1 Å². The Balaban J connectivity index is 0.00000147. The van der Waals surface area contributed by atoms with Crippen LogP contribution in [0.2, 0.25) is 0 Å². The molecule has 2 aliphatic rings. The monoisotopic (exact) mass is 296 g/mol. The molecule has 1 aromatic rings. The molecule has 4 nitrogen and oxygen atoms in total. The summed E-state index contributed by atoms with van der Waals surface area (Å²) in [5.74, 6) is 0.170. The van der Waals surface area contributed by atoms with E-state index in [0.29, 0.717) is 6.42 Å². The highest BCUT2D eigenvalue weighted by Gasteiger charge is 2.33. The van der Waals surface area contributed by atoms with Gasteiger partial charge < -0.3 is 15.7 Å². The van der Waals surface area contributed by atoms with Crippen molar-refractivity contribution in [3.8, 4) is 0 Å². The largest absolute Gasteiger partial charge is 0.390 e. The fourth-order valence-electron chi connectivity index (χ4n) is 3.10. The topological polar surface area (TPSA) is 61.4 Å². The standard InChI is InChI=1S/C15H20N2O2.ClH/c18-13-9-11-3-1-2-4-12(11)14(13)17-15(19)10-5-7-16-8-6-10;/h1-4,10,13-14,16,18H,5-9H2,(H,17,19);1H. The van der Waals surface area contributed by atoms with Crippen molar-refractivity contribution in [3.05, 3.63) is 35.4 Å². The number of fused-ring (bicyclic) bond motifs is 1. The third-order valence-electron chi connectivity index (χ3n) is 4.21. The van der Waals surface area contributed by atoms with Gasteiger partial charge in [0, 0.05) is 12.3 Å². The average Bonchev–Trinajstić information content (AvgIpc) is 2.76. The summed E-state index contributed by atoms with van der Waals surface area (Å²) >= 11 is 0. The number of carbonyl (C=O) groups is 1. The van der Waals surface area contributed by atoms with Crippen LogP contribution in [0.3, 0.4) is 0 Å². The normalized spacial score (nSPS) is 25.6. The van der Waals surface area contributed by atoms with Crippen LogP contribution in [-0.2, 0) is 11.2 Å². The number of amides is 1. The second kappa shape index (κ2) is 6.57. The van der Waals surface area contributed by atoms with Crippen LogP contribution in [-0.4, -0.2) is 30.2 Å². The molecule has 1 saturated heterocycles. The van der Waals surface area contributed by atoms with E-state index < -0.39 is 6.10 Å². The van der Waals surface area contributed by atoms with Crippen molar-refractivity contribution in [3.63, 3.8) is 0 Å². The van der Waals surface area contributed by atoms with Crippen LogP contribution in [0.4, 0.5) is 0 Å². The predicted molar refractivity (Wildman–Crippen MR) is 79.9 cm³/mol. The number of aliphatic hydroxyl groups excluding tert-OH is 1. The number of aliphatic hydroxyl groups is 1. The molecular formula is C15H21ClN2O2. The van der Waals surface area contributed by atoms with Gasteiger partial charge in [-0.25, -0.2) is 0 Å². The Bertz CT molecular complexity index is 475. The van der Waals surface area contributed by atoms with E-state index in [4.69, 9.17) is 0 Å². The van der Waals surface area contributed by atoms with Crippen LogP contribution in [0.1, 0.15) is 30.0 Å². The first-order valence-corrected chi connectivity index (χ1v) is 7.02. The zero-order chi connectivity index (χ0) is 13.2. The van der Waals surface area contributed by atoms with Gasteiger partial charge in [-0.3, -0.25) is 4.79 Å². The van der Waals surface area contributed by atoms with E-state index in [1.165, 1.54) is 0 Å². The molecule has 110 valence electrons. The lowest BCUT2D eigenvalue weighted by atomic mass is 9.96. The Hall–Kier alpha value is -1.10. The molecule has 2 unspecified atom stereocenters. The molecule has 20 heavy (non-hydrogen) atoms. The minimum atomic E-state index is -0.497. The molecule has 0 spiro atoms. The Kier molecular flexibility index (Phi) is 5.02. The molecular weight excluding hydrogens is 276 g/mol. The van der Waals surface area contributed by atoms with E-state index in [-0.39, 0.29) is 30.3 Å². The van der Waals surface area contributed by atoms with E-state index in [0.717, 1.165) is 37.1 Å². The number of carbonyl (C=O) groups excluding carboxylic acids is 1. The number of benzene rings is 1. The molecule has 0 saturated carbocycles. The molecule has 3 N–H and O–H groups in total. The van der Waals surface area contributed by atoms with Crippen molar-refractivity contribution in [2.45, 2.75) is 31.4 Å². The Morgan fingerprint density at radius 2 is 1.95 bits per heavy atom. The molecule has 1 aliphatic carbocycles. The van der Waals surface area contributed by atoms with Crippen molar-refractivity contribution >= 4 is 18.3 Å². The highest BCUT2D eigenvalue weighted by Crippen LogP contribution is 2.31. The summed E-state index contributed by atoms with van der Waals surface area (Å²) < 4.78 is 0. The van der Waals surface area contributed by atoms with Crippen LogP contribution in [0, 0.1) is 5.92 Å². The van der Waals surface area contributed by atoms with Crippen LogP contribution in [0.15, 0.2) is 24.3 Å². The summed E-state index contributed by atoms with van der Waals surface area (Å²) in [7, 11) is 0. The smallest absolute Gasteiger partial charge is 0.223 e. The summed E-state index contributed by atoms with van der Waals surface area (Å²) in [6.45, 7) is 1.81. The summed E-state index contributed by atoms with van der Waals surface area (Å²) in [5, 5.41) is 16.4. The van der Waals surface area contributed by atoms with E-state index in [1.54, 1.807) is 0 Å². The fraction of sp³-hybridized carbons (Fsp3) is 0.533. The van der Waals surface area contributed by atoms with E-state index in [2.05, 4.69) is 10.6 Å². The lowest BCUT2D eigenvalue weighted by molar-refractivity contribution is -0.127. The minimum absolute atomic E-state index is 0. The highest BCUT2D eigenvalue weighted by atomic mass is 35.5. The van der Waals surface area contributed by atoms with Crippen LogP contribution < -0.4 is 10.6 Å². The molecule has 0 radical (unpaired) electrons. The SMILES string of the molecule is Cl.O=C(NC1c2ccccc2CC1O)C1CCNCC1. The molecule has 1 amide bonds. The highest BCUT2D eigenvalue weighted by molar-refractivity contribution is 5.85. The number of rotatable bonds is 2. The van der Waals surface area contributed by atoms with Crippen molar-refractivity contribution in [1.82, 2.24) is 10.6 Å². The van der Waals surface area contributed by atoms with Gasteiger partial charge in [-0.2, -0.15) is 0 Å². The number of halogens is 1. The number of hydrogen-bond donors (Lipinski definition) is 3. The van der Waals surface area contributed by atoms with Gasteiger partial charge in [-0.1, -0.05) is 24.3 Å². The summed E-state index contributed by atoms with van der Waals surface area (Å²) in [4.78, 5) is 12.3. The van der Waals surface area contributed by atoms with Gasteiger partial charge >= 0.3 is 0 Å². The number of piperidine rings is 1. The maximum atomic E-state index is 12.3. The van der Waals surface area contributed by atoms with E-state index >= 15 is 0 Å². The quantitative estimate of drug-likeness (QED) is 0.768. The Morgan fingerprint density at radius 1 is 1.25 bits per heavy atom. The van der Waals surface area contributed by atoms with Crippen LogP contribution in [0.25, 0.3) is 0 Å². The van der Waals surface area contributed by atoms with Gasteiger partial charge in [-0.15, -0.1) is 12.4 Å². The maximum Gasteiger partial charge on any atom is 0.223 e. The molecule has 0 aromatic heterocycles. The summed E-state index contributed by atoms with van der Waals surface area (Å²) in [6.07, 6.45) is 1.91. The first-order valence-electron chi connectivity index (χ1n) is 7.02. The Labute approximate surface area is 125 Å². The Morgan fingerprint density at radius 3 is 2.70 bits per heavy atom.